The number of fused-ring (bicyclic) bond motifs is 1. The molecule has 1 atom stereocenters. The zero-order valence-corrected chi connectivity index (χ0v) is 23.1. The fourth-order valence-corrected chi connectivity index (χ4v) is 4.38. The number of benzene rings is 3. The molecule has 3 aromatic carbocycles. The van der Waals surface area contributed by atoms with E-state index in [2.05, 4.69) is 37.0 Å². The Kier molecular flexibility index (Phi) is 8.21. The number of rotatable bonds is 8. The Morgan fingerprint density at radius 3 is 2.64 bits per heavy atom. The summed E-state index contributed by atoms with van der Waals surface area (Å²) < 4.78 is 28.1. The predicted molar refractivity (Wildman–Crippen MR) is 147 cm³/mol. The zero-order chi connectivity index (χ0) is 25.8. The Balaban J connectivity index is 1.71. The van der Waals surface area contributed by atoms with Gasteiger partial charge in [0.05, 0.1) is 24.2 Å². The summed E-state index contributed by atoms with van der Waals surface area (Å²) in [5, 5.41) is 5.00. The van der Waals surface area contributed by atoms with Gasteiger partial charge in [-0.2, -0.15) is 9.78 Å². The Bertz CT molecular complexity index is 1500. The van der Waals surface area contributed by atoms with E-state index in [9.17, 15) is 9.18 Å². The van der Waals surface area contributed by atoms with Crippen LogP contribution in [0, 0.1) is 5.82 Å². The van der Waals surface area contributed by atoms with Crippen LogP contribution in [-0.4, -0.2) is 23.0 Å². The van der Waals surface area contributed by atoms with Crippen LogP contribution >= 0.6 is 31.9 Å². The highest BCUT2D eigenvalue weighted by Crippen LogP contribution is 2.34. The maximum atomic E-state index is 14.0. The summed E-state index contributed by atoms with van der Waals surface area (Å²) in [7, 11) is 1.52. The Hall–Kier alpha value is -3.04. The highest BCUT2D eigenvalue weighted by atomic mass is 79.9. The van der Waals surface area contributed by atoms with Crippen molar-refractivity contribution in [3.63, 3.8) is 0 Å². The average Bonchev–Trinajstić information content (AvgIpc) is 2.88. The van der Waals surface area contributed by atoms with Crippen molar-refractivity contribution in [2.75, 3.05) is 7.11 Å². The number of halogens is 3. The molecule has 6 nitrogen and oxygen atoms in total. The Morgan fingerprint density at radius 2 is 1.92 bits per heavy atom. The van der Waals surface area contributed by atoms with Crippen LogP contribution in [0.25, 0.3) is 10.9 Å². The molecular formula is C27H24Br2FN3O3. The van der Waals surface area contributed by atoms with Crippen molar-refractivity contribution in [3.8, 4) is 11.5 Å². The number of ether oxygens (including phenoxy) is 2. The quantitative estimate of drug-likeness (QED) is 0.199. The largest absolute Gasteiger partial charge is 0.493 e. The summed E-state index contributed by atoms with van der Waals surface area (Å²) in [4.78, 5) is 18.1. The normalized spacial score (nSPS) is 12.3. The molecule has 0 fully saturated rings. The van der Waals surface area contributed by atoms with E-state index in [0.29, 0.717) is 43.8 Å². The first-order valence-electron chi connectivity index (χ1n) is 11.3. The van der Waals surface area contributed by atoms with Crippen molar-refractivity contribution in [1.29, 1.82) is 0 Å². The lowest BCUT2D eigenvalue weighted by molar-refractivity contribution is 0.279. The summed E-state index contributed by atoms with van der Waals surface area (Å²) >= 11 is 6.97. The highest BCUT2D eigenvalue weighted by molar-refractivity contribution is 9.10. The van der Waals surface area contributed by atoms with Crippen molar-refractivity contribution < 1.29 is 13.9 Å². The van der Waals surface area contributed by atoms with Gasteiger partial charge in [0.15, 0.2) is 11.5 Å². The van der Waals surface area contributed by atoms with Crippen LogP contribution in [0.5, 0.6) is 11.5 Å². The van der Waals surface area contributed by atoms with Crippen LogP contribution in [-0.2, 0) is 6.61 Å². The van der Waals surface area contributed by atoms with Gasteiger partial charge in [-0.3, -0.25) is 4.79 Å². The van der Waals surface area contributed by atoms with E-state index in [0.717, 1.165) is 10.9 Å². The summed E-state index contributed by atoms with van der Waals surface area (Å²) in [6.45, 7) is 4.10. The third kappa shape index (κ3) is 5.52. The van der Waals surface area contributed by atoms with E-state index in [1.54, 1.807) is 42.6 Å². The smallest absolute Gasteiger partial charge is 0.282 e. The fourth-order valence-electron chi connectivity index (χ4n) is 3.59. The van der Waals surface area contributed by atoms with Crippen LogP contribution in [0.15, 0.2) is 73.4 Å². The first-order chi connectivity index (χ1) is 17.3. The van der Waals surface area contributed by atoms with Gasteiger partial charge in [-0.15, -0.1) is 0 Å². The monoisotopic (exact) mass is 615 g/mol. The van der Waals surface area contributed by atoms with Crippen LogP contribution < -0.4 is 15.0 Å². The Morgan fingerprint density at radius 1 is 1.14 bits per heavy atom. The molecule has 186 valence electrons. The molecule has 9 heteroatoms. The molecule has 0 bridgehead atoms. The molecule has 0 spiro atoms. The third-order valence-corrected chi connectivity index (χ3v) is 7.00. The standard InChI is InChI=1S/C27H24Br2FN3O3/c1-4-16(2)26-32-23-10-9-19(28)12-20(23)27(34)33(26)31-14-18-11-24(35-3)25(13-21(18)29)36-15-17-7-5-6-8-22(17)30/h5-14,16H,4,15H2,1-3H3/t16-/m0/s1. The molecule has 4 aromatic rings. The number of aromatic nitrogens is 2. The van der Waals surface area contributed by atoms with Gasteiger partial charge in [-0.25, -0.2) is 9.37 Å². The minimum Gasteiger partial charge on any atom is -0.493 e. The Labute approximate surface area is 225 Å². The second-order valence-electron chi connectivity index (χ2n) is 8.21. The molecule has 0 aliphatic rings. The van der Waals surface area contributed by atoms with Crippen LogP contribution in [0.2, 0.25) is 0 Å². The van der Waals surface area contributed by atoms with Crippen LogP contribution in [0.4, 0.5) is 4.39 Å². The SMILES string of the molecule is CC[C@H](C)c1nc2ccc(Br)cc2c(=O)n1N=Cc1cc(OC)c(OCc2ccccc2F)cc1Br. The number of hydrogen-bond acceptors (Lipinski definition) is 5. The van der Waals surface area contributed by atoms with Crippen molar-refractivity contribution >= 4 is 49.0 Å². The van der Waals surface area contributed by atoms with Gasteiger partial charge in [0.2, 0.25) is 0 Å². The van der Waals surface area contributed by atoms with Gasteiger partial charge in [0.25, 0.3) is 5.56 Å². The summed E-state index contributed by atoms with van der Waals surface area (Å²) in [6, 6.07) is 15.3. The number of nitrogens with zero attached hydrogens (tertiary/aromatic N) is 3. The van der Waals surface area contributed by atoms with Crippen LogP contribution in [0.1, 0.15) is 43.1 Å². The number of methoxy groups -OCH3 is 1. The summed E-state index contributed by atoms with van der Waals surface area (Å²) in [6.07, 6.45) is 2.38. The second-order valence-corrected chi connectivity index (χ2v) is 9.98. The predicted octanol–water partition coefficient (Wildman–Crippen LogP) is 7.04. The zero-order valence-electron chi connectivity index (χ0n) is 20.0. The van der Waals surface area contributed by atoms with E-state index in [1.807, 2.05) is 26.0 Å². The molecular weight excluding hydrogens is 593 g/mol. The van der Waals surface area contributed by atoms with Gasteiger partial charge in [-0.05, 0) is 58.7 Å². The second kappa shape index (κ2) is 11.3. The lowest BCUT2D eigenvalue weighted by atomic mass is 10.1. The molecule has 0 aliphatic heterocycles. The van der Waals surface area contributed by atoms with Gasteiger partial charge < -0.3 is 9.47 Å². The lowest BCUT2D eigenvalue weighted by Crippen LogP contribution is -2.23. The van der Waals surface area contributed by atoms with Crippen molar-refractivity contribution in [2.24, 2.45) is 5.10 Å². The van der Waals surface area contributed by atoms with E-state index in [1.165, 1.54) is 17.9 Å². The third-order valence-electron chi connectivity index (χ3n) is 5.82. The van der Waals surface area contributed by atoms with Gasteiger partial charge in [0.1, 0.15) is 18.2 Å². The molecule has 0 aliphatic carbocycles. The van der Waals surface area contributed by atoms with E-state index >= 15 is 0 Å². The molecule has 1 heterocycles. The fraction of sp³-hybridized carbons (Fsp3) is 0.222. The molecule has 0 saturated carbocycles. The van der Waals surface area contributed by atoms with Crippen LogP contribution in [0.3, 0.4) is 0 Å². The van der Waals surface area contributed by atoms with Crippen molar-refractivity contribution in [2.45, 2.75) is 32.8 Å². The average molecular weight is 617 g/mol. The summed E-state index contributed by atoms with van der Waals surface area (Å²) in [5.74, 6) is 1.17. The topological polar surface area (TPSA) is 65.7 Å². The molecule has 36 heavy (non-hydrogen) atoms. The minimum absolute atomic E-state index is 0.0232. The minimum atomic E-state index is -0.335. The van der Waals surface area contributed by atoms with E-state index in [-0.39, 0.29) is 23.9 Å². The molecule has 1 aromatic heterocycles. The first kappa shape index (κ1) is 26.0. The maximum Gasteiger partial charge on any atom is 0.282 e. The first-order valence-corrected chi connectivity index (χ1v) is 12.9. The molecule has 0 N–H and O–H groups in total. The van der Waals surface area contributed by atoms with E-state index < -0.39 is 0 Å². The van der Waals surface area contributed by atoms with Crippen molar-refractivity contribution in [1.82, 2.24) is 9.66 Å². The summed E-state index contributed by atoms with van der Waals surface area (Å²) in [5.41, 5.74) is 1.49. The lowest BCUT2D eigenvalue weighted by Gasteiger charge is -2.15. The maximum absolute atomic E-state index is 14.0. The van der Waals surface area contributed by atoms with Gasteiger partial charge >= 0.3 is 0 Å². The van der Waals surface area contributed by atoms with Gasteiger partial charge in [0, 0.05) is 26.0 Å². The number of hydrogen-bond donors (Lipinski definition) is 0. The molecule has 0 unspecified atom stereocenters. The highest BCUT2D eigenvalue weighted by Gasteiger charge is 2.16. The van der Waals surface area contributed by atoms with Gasteiger partial charge in [-0.1, -0.05) is 48.0 Å². The molecule has 0 amide bonds. The van der Waals surface area contributed by atoms with E-state index in [4.69, 9.17) is 14.5 Å². The van der Waals surface area contributed by atoms with Crippen molar-refractivity contribution in [3.05, 3.63) is 96.7 Å². The molecule has 4 rings (SSSR count). The molecule has 0 radical (unpaired) electrons. The molecule has 0 saturated heterocycles.